The Balaban J connectivity index is 1.74. The van der Waals surface area contributed by atoms with E-state index in [1.165, 1.54) is 7.05 Å². The maximum atomic E-state index is 12.5. The number of aromatic nitrogens is 1. The van der Waals surface area contributed by atoms with Crippen molar-refractivity contribution in [2.75, 3.05) is 25.6 Å². The van der Waals surface area contributed by atoms with Gasteiger partial charge in [0.05, 0.1) is 17.0 Å². The van der Waals surface area contributed by atoms with Crippen LogP contribution in [-0.2, 0) is 14.3 Å². The van der Waals surface area contributed by atoms with E-state index in [9.17, 15) is 19.2 Å². The number of thiophene rings is 1. The molecule has 3 N–H and O–H groups in total. The van der Waals surface area contributed by atoms with Gasteiger partial charge in [0.25, 0.3) is 11.8 Å². The number of H-pyrrole nitrogens is 1. The molecular weight excluding hydrogens is 446 g/mol. The SMILES string of the molecule is CCOC(=O)c1c(NC(=O)COC(=O)c2cc3c(C)cc(C)cc3[nH]2)sc(C(=O)NC)c1C. The highest BCUT2D eigenvalue weighted by atomic mass is 32.1. The first-order valence-corrected chi connectivity index (χ1v) is 11.1. The van der Waals surface area contributed by atoms with Gasteiger partial charge in [0, 0.05) is 18.0 Å². The molecule has 0 aliphatic rings. The van der Waals surface area contributed by atoms with Crippen LogP contribution in [0.2, 0.25) is 0 Å². The number of aromatic amines is 1. The molecule has 3 rings (SSSR count). The molecule has 0 unspecified atom stereocenters. The molecular formula is C23H25N3O6S. The monoisotopic (exact) mass is 471 g/mol. The summed E-state index contributed by atoms with van der Waals surface area (Å²) in [7, 11) is 1.47. The van der Waals surface area contributed by atoms with Crippen molar-refractivity contribution >= 4 is 51.0 Å². The number of amides is 2. The van der Waals surface area contributed by atoms with E-state index in [-0.39, 0.29) is 33.6 Å². The summed E-state index contributed by atoms with van der Waals surface area (Å²) in [5.41, 5.74) is 3.60. The minimum Gasteiger partial charge on any atom is -0.462 e. The normalized spacial score (nSPS) is 10.7. The van der Waals surface area contributed by atoms with Crippen molar-refractivity contribution in [1.82, 2.24) is 10.3 Å². The lowest BCUT2D eigenvalue weighted by atomic mass is 10.1. The Morgan fingerprint density at radius 2 is 1.76 bits per heavy atom. The number of carbonyl (C=O) groups excluding carboxylic acids is 4. The Bertz CT molecular complexity index is 1260. The average molecular weight is 472 g/mol. The number of nitrogens with one attached hydrogen (secondary N) is 3. The van der Waals surface area contributed by atoms with Gasteiger partial charge in [0.15, 0.2) is 6.61 Å². The summed E-state index contributed by atoms with van der Waals surface area (Å²) in [5, 5.41) is 6.10. The van der Waals surface area contributed by atoms with Gasteiger partial charge in [-0.1, -0.05) is 6.07 Å². The van der Waals surface area contributed by atoms with Crippen LogP contribution in [0, 0.1) is 20.8 Å². The number of rotatable bonds is 7. The quantitative estimate of drug-likeness (QED) is 0.453. The van der Waals surface area contributed by atoms with Crippen molar-refractivity contribution in [3.05, 3.63) is 51.0 Å². The number of benzene rings is 1. The Morgan fingerprint density at radius 3 is 2.42 bits per heavy atom. The van der Waals surface area contributed by atoms with Crippen molar-refractivity contribution in [2.45, 2.75) is 27.7 Å². The highest BCUT2D eigenvalue weighted by Gasteiger charge is 2.26. The van der Waals surface area contributed by atoms with Gasteiger partial charge in [-0.3, -0.25) is 9.59 Å². The van der Waals surface area contributed by atoms with Gasteiger partial charge in [-0.05, 0) is 56.5 Å². The lowest BCUT2D eigenvalue weighted by Crippen LogP contribution is -2.22. The van der Waals surface area contributed by atoms with Crippen molar-refractivity contribution in [2.24, 2.45) is 0 Å². The van der Waals surface area contributed by atoms with Crippen LogP contribution in [0.5, 0.6) is 0 Å². The predicted octanol–water partition coefficient (Wildman–Crippen LogP) is 3.49. The molecule has 10 heteroatoms. The molecule has 9 nitrogen and oxygen atoms in total. The number of anilines is 1. The molecule has 0 saturated heterocycles. The number of ether oxygens (including phenoxy) is 2. The zero-order valence-electron chi connectivity index (χ0n) is 19.0. The molecule has 33 heavy (non-hydrogen) atoms. The van der Waals surface area contributed by atoms with Crippen molar-refractivity contribution in [3.8, 4) is 0 Å². The standard InChI is InChI=1S/C23H25N3O6S/c1-6-31-23(30)18-13(4)19(20(28)24-5)33-21(18)26-17(27)10-32-22(29)16-9-14-12(3)7-11(2)8-15(14)25-16/h7-9,25H,6,10H2,1-5H3,(H,24,28)(H,26,27). The highest BCUT2D eigenvalue weighted by molar-refractivity contribution is 7.18. The van der Waals surface area contributed by atoms with E-state index in [4.69, 9.17) is 9.47 Å². The van der Waals surface area contributed by atoms with Crippen LogP contribution in [0.1, 0.15) is 54.1 Å². The van der Waals surface area contributed by atoms with Crippen LogP contribution in [0.3, 0.4) is 0 Å². The topological polar surface area (TPSA) is 127 Å². The van der Waals surface area contributed by atoms with E-state index < -0.39 is 24.5 Å². The van der Waals surface area contributed by atoms with E-state index in [0.717, 1.165) is 33.4 Å². The summed E-state index contributed by atoms with van der Waals surface area (Å²) in [6, 6.07) is 5.61. The second-order valence-electron chi connectivity index (χ2n) is 7.41. The summed E-state index contributed by atoms with van der Waals surface area (Å²) in [5.74, 6) is -2.38. The molecule has 3 aromatic rings. The lowest BCUT2D eigenvalue weighted by molar-refractivity contribution is -0.119. The predicted molar refractivity (Wildman–Crippen MR) is 125 cm³/mol. The molecule has 0 aliphatic carbocycles. The maximum absolute atomic E-state index is 12.5. The minimum absolute atomic E-state index is 0.0987. The minimum atomic E-state index is -0.683. The van der Waals surface area contributed by atoms with Crippen LogP contribution in [0.4, 0.5) is 5.00 Å². The molecule has 0 bridgehead atoms. The first-order chi connectivity index (χ1) is 15.7. The Labute approximate surface area is 194 Å². The largest absolute Gasteiger partial charge is 0.462 e. The fraction of sp³-hybridized carbons (Fsp3) is 0.304. The summed E-state index contributed by atoms with van der Waals surface area (Å²) in [6.45, 7) is 6.73. The van der Waals surface area contributed by atoms with Gasteiger partial charge in [-0.2, -0.15) is 0 Å². The van der Waals surface area contributed by atoms with Gasteiger partial charge < -0.3 is 25.1 Å². The lowest BCUT2D eigenvalue weighted by Gasteiger charge is -2.07. The van der Waals surface area contributed by atoms with E-state index in [0.29, 0.717) is 5.56 Å². The van der Waals surface area contributed by atoms with Gasteiger partial charge in [0.1, 0.15) is 10.7 Å². The molecule has 0 spiro atoms. The molecule has 2 amide bonds. The molecule has 0 aliphatic heterocycles. The number of fused-ring (bicyclic) bond motifs is 1. The van der Waals surface area contributed by atoms with E-state index in [2.05, 4.69) is 15.6 Å². The van der Waals surface area contributed by atoms with Crippen LogP contribution in [0.25, 0.3) is 10.9 Å². The molecule has 2 aromatic heterocycles. The molecule has 174 valence electrons. The summed E-state index contributed by atoms with van der Waals surface area (Å²) in [6.07, 6.45) is 0. The third-order valence-electron chi connectivity index (χ3n) is 4.96. The second-order valence-corrected chi connectivity index (χ2v) is 8.43. The molecule has 0 saturated carbocycles. The maximum Gasteiger partial charge on any atom is 0.355 e. The van der Waals surface area contributed by atoms with Gasteiger partial charge in [0.2, 0.25) is 0 Å². The number of aryl methyl sites for hydroxylation is 2. The molecule has 2 heterocycles. The number of hydrogen-bond donors (Lipinski definition) is 3. The van der Waals surface area contributed by atoms with Crippen molar-refractivity contribution < 1.29 is 28.7 Å². The first-order valence-electron chi connectivity index (χ1n) is 10.3. The fourth-order valence-corrected chi connectivity index (χ4v) is 4.62. The third kappa shape index (κ3) is 5.06. The van der Waals surface area contributed by atoms with E-state index >= 15 is 0 Å². The zero-order chi connectivity index (χ0) is 24.3. The van der Waals surface area contributed by atoms with E-state index in [1.54, 1.807) is 19.9 Å². The Kier molecular flexibility index (Phi) is 7.17. The fourth-order valence-electron chi connectivity index (χ4n) is 3.46. The van der Waals surface area contributed by atoms with Crippen LogP contribution >= 0.6 is 11.3 Å². The molecule has 0 atom stereocenters. The smallest absolute Gasteiger partial charge is 0.355 e. The molecule has 1 aromatic carbocycles. The number of carbonyl (C=O) groups is 4. The van der Waals surface area contributed by atoms with Gasteiger partial charge in [-0.15, -0.1) is 11.3 Å². The highest BCUT2D eigenvalue weighted by Crippen LogP contribution is 2.33. The van der Waals surface area contributed by atoms with Gasteiger partial charge >= 0.3 is 11.9 Å². The average Bonchev–Trinajstić information content (AvgIpc) is 3.33. The third-order valence-corrected chi connectivity index (χ3v) is 6.16. The summed E-state index contributed by atoms with van der Waals surface area (Å²) >= 11 is 0.946. The van der Waals surface area contributed by atoms with Crippen molar-refractivity contribution in [1.29, 1.82) is 0 Å². The Morgan fingerprint density at radius 1 is 1.03 bits per heavy atom. The van der Waals surface area contributed by atoms with Crippen LogP contribution < -0.4 is 10.6 Å². The summed E-state index contributed by atoms with van der Waals surface area (Å²) in [4.78, 5) is 52.7. The van der Waals surface area contributed by atoms with Crippen LogP contribution in [-0.4, -0.2) is 49.0 Å². The number of hydrogen-bond acceptors (Lipinski definition) is 7. The van der Waals surface area contributed by atoms with Gasteiger partial charge in [-0.25, -0.2) is 9.59 Å². The van der Waals surface area contributed by atoms with Crippen LogP contribution in [0.15, 0.2) is 18.2 Å². The van der Waals surface area contributed by atoms with Crippen molar-refractivity contribution in [3.63, 3.8) is 0 Å². The molecule has 0 radical (unpaired) electrons. The first kappa shape index (κ1) is 24.0. The molecule has 0 fully saturated rings. The number of esters is 2. The second kappa shape index (κ2) is 9.86. The van der Waals surface area contributed by atoms with E-state index in [1.807, 2.05) is 26.0 Å². The zero-order valence-corrected chi connectivity index (χ0v) is 19.8. The Hall–Kier alpha value is -3.66. The summed E-state index contributed by atoms with van der Waals surface area (Å²) < 4.78 is 10.2.